The van der Waals surface area contributed by atoms with Gasteiger partial charge in [0.2, 0.25) is 0 Å². The first-order chi connectivity index (χ1) is 9.75. The van der Waals surface area contributed by atoms with Crippen molar-refractivity contribution in [2.45, 2.75) is 96.8 Å². The van der Waals surface area contributed by atoms with Crippen LogP contribution in [0.2, 0.25) is 0 Å². The molecule has 0 amide bonds. The van der Waals surface area contributed by atoms with Crippen molar-refractivity contribution in [2.24, 2.45) is 11.8 Å². The van der Waals surface area contributed by atoms with Gasteiger partial charge in [-0.05, 0) is 25.2 Å². The fraction of sp³-hybridized carbons (Fsp3) is 0.944. The summed E-state index contributed by atoms with van der Waals surface area (Å²) in [5.74, 6) is -0.151. The molecule has 1 atom stereocenters. The molecule has 118 valence electrons. The maximum absolute atomic E-state index is 11.5. The minimum atomic E-state index is -0.539. The zero-order valence-electron chi connectivity index (χ0n) is 13.4. The van der Waals surface area contributed by atoms with Gasteiger partial charge in [-0.2, -0.15) is 0 Å². The maximum Gasteiger partial charge on any atom is 0.306 e. The SMILES string of the molecule is CCCCCCCCCC(C(=O)O)C1CCCCCC1. The summed E-state index contributed by atoms with van der Waals surface area (Å²) in [4.78, 5) is 11.5. The molecule has 1 aliphatic rings. The molecular weight excluding hydrogens is 248 g/mol. The summed E-state index contributed by atoms with van der Waals surface area (Å²) in [6.45, 7) is 2.24. The molecule has 2 nitrogen and oxygen atoms in total. The molecule has 0 heterocycles. The van der Waals surface area contributed by atoms with Crippen LogP contribution in [0.5, 0.6) is 0 Å². The Balaban J connectivity index is 2.19. The lowest BCUT2D eigenvalue weighted by Gasteiger charge is -2.22. The van der Waals surface area contributed by atoms with Gasteiger partial charge in [0.1, 0.15) is 0 Å². The third-order valence-corrected chi connectivity index (χ3v) is 4.90. The summed E-state index contributed by atoms with van der Waals surface area (Å²) in [5, 5.41) is 9.49. The zero-order chi connectivity index (χ0) is 14.6. The standard InChI is InChI=1S/C18H34O2/c1-2-3-4-5-6-7-12-15-17(18(19)20)16-13-10-8-9-11-14-16/h16-17H,2-15H2,1H3,(H,19,20). The van der Waals surface area contributed by atoms with Crippen molar-refractivity contribution in [2.75, 3.05) is 0 Å². The topological polar surface area (TPSA) is 37.3 Å². The van der Waals surface area contributed by atoms with Crippen LogP contribution in [0, 0.1) is 11.8 Å². The van der Waals surface area contributed by atoms with Crippen LogP contribution in [-0.4, -0.2) is 11.1 Å². The molecule has 2 heteroatoms. The molecule has 20 heavy (non-hydrogen) atoms. The number of aliphatic carboxylic acids is 1. The minimum Gasteiger partial charge on any atom is -0.481 e. The summed E-state index contributed by atoms with van der Waals surface area (Å²) < 4.78 is 0. The molecular formula is C18H34O2. The monoisotopic (exact) mass is 282 g/mol. The van der Waals surface area contributed by atoms with E-state index in [-0.39, 0.29) is 5.92 Å². The predicted octanol–water partition coefficient (Wildman–Crippen LogP) is 5.80. The van der Waals surface area contributed by atoms with Gasteiger partial charge in [-0.15, -0.1) is 0 Å². The first kappa shape index (κ1) is 17.5. The summed E-state index contributed by atoms with van der Waals surface area (Å²) in [5.41, 5.74) is 0. The lowest BCUT2D eigenvalue weighted by Crippen LogP contribution is -2.23. The van der Waals surface area contributed by atoms with Crippen LogP contribution in [0.3, 0.4) is 0 Å². The number of hydrogen-bond acceptors (Lipinski definition) is 1. The van der Waals surface area contributed by atoms with Crippen LogP contribution in [0.4, 0.5) is 0 Å². The van der Waals surface area contributed by atoms with Gasteiger partial charge in [-0.1, -0.05) is 77.6 Å². The first-order valence-corrected chi connectivity index (χ1v) is 8.98. The van der Waals surface area contributed by atoms with E-state index < -0.39 is 5.97 Å². The Hall–Kier alpha value is -0.530. The van der Waals surface area contributed by atoms with E-state index in [1.54, 1.807) is 0 Å². The van der Waals surface area contributed by atoms with Crippen molar-refractivity contribution in [1.82, 2.24) is 0 Å². The average Bonchev–Trinajstić information content (AvgIpc) is 2.70. The van der Waals surface area contributed by atoms with Gasteiger partial charge >= 0.3 is 5.97 Å². The molecule has 1 unspecified atom stereocenters. The first-order valence-electron chi connectivity index (χ1n) is 8.98. The Morgan fingerprint density at radius 2 is 1.50 bits per heavy atom. The van der Waals surface area contributed by atoms with Crippen LogP contribution in [0.15, 0.2) is 0 Å². The Labute approximate surface area is 125 Å². The van der Waals surface area contributed by atoms with Crippen molar-refractivity contribution in [3.8, 4) is 0 Å². The number of unbranched alkanes of at least 4 members (excludes halogenated alkanes) is 6. The smallest absolute Gasteiger partial charge is 0.306 e. The van der Waals surface area contributed by atoms with Crippen LogP contribution >= 0.6 is 0 Å². The fourth-order valence-corrected chi connectivity index (χ4v) is 3.60. The Kier molecular flexibility index (Phi) is 9.78. The Morgan fingerprint density at radius 1 is 0.950 bits per heavy atom. The van der Waals surface area contributed by atoms with E-state index in [0.29, 0.717) is 5.92 Å². The molecule has 0 spiro atoms. The molecule has 0 bridgehead atoms. The molecule has 0 aromatic rings. The summed E-state index contributed by atoms with van der Waals surface area (Å²) in [6.07, 6.45) is 17.2. The lowest BCUT2D eigenvalue weighted by atomic mass is 9.82. The molecule has 1 rings (SSSR count). The Morgan fingerprint density at radius 3 is 2.05 bits per heavy atom. The third-order valence-electron chi connectivity index (χ3n) is 4.90. The molecule has 0 aliphatic heterocycles. The van der Waals surface area contributed by atoms with Gasteiger partial charge in [0.15, 0.2) is 0 Å². The highest BCUT2D eigenvalue weighted by molar-refractivity contribution is 5.70. The fourth-order valence-electron chi connectivity index (χ4n) is 3.60. The van der Waals surface area contributed by atoms with E-state index in [1.807, 2.05) is 0 Å². The van der Waals surface area contributed by atoms with Gasteiger partial charge in [0, 0.05) is 0 Å². The molecule has 1 aliphatic carbocycles. The van der Waals surface area contributed by atoms with Gasteiger partial charge < -0.3 is 5.11 Å². The lowest BCUT2D eigenvalue weighted by molar-refractivity contribution is -0.144. The van der Waals surface area contributed by atoms with E-state index in [9.17, 15) is 9.90 Å². The van der Waals surface area contributed by atoms with Gasteiger partial charge in [-0.25, -0.2) is 0 Å². The second-order valence-electron chi connectivity index (χ2n) is 6.61. The highest BCUT2D eigenvalue weighted by Crippen LogP contribution is 2.32. The number of rotatable bonds is 10. The molecule has 0 aromatic heterocycles. The van der Waals surface area contributed by atoms with Crippen LogP contribution < -0.4 is 0 Å². The zero-order valence-corrected chi connectivity index (χ0v) is 13.4. The average molecular weight is 282 g/mol. The van der Waals surface area contributed by atoms with E-state index in [1.165, 1.54) is 64.2 Å². The number of carboxylic acid groups (broad SMARTS) is 1. The summed E-state index contributed by atoms with van der Waals surface area (Å²) >= 11 is 0. The Bertz CT molecular complexity index is 242. The summed E-state index contributed by atoms with van der Waals surface area (Å²) in [6, 6.07) is 0. The largest absolute Gasteiger partial charge is 0.481 e. The maximum atomic E-state index is 11.5. The quantitative estimate of drug-likeness (QED) is 0.406. The van der Waals surface area contributed by atoms with Gasteiger partial charge in [0.05, 0.1) is 5.92 Å². The van der Waals surface area contributed by atoms with E-state index in [4.69, 9.17) is 0 Å². The summed E-state index contributed by atoms with van der Waals surface area (Å²) in [7, 11) is 0. The molecule has 1 N–H and O–H groups in total. The number of hydrogen-bond donors (Lipinski definition) is 1. The van der Waals surface area contributed by atoms with Crippen LogP contribution in [-0.2, 0) is 4.79 Å². The van der Waals surface area contributed by atoms with E-state index >= 15 is 0 Å². The van der Waals surface area contributed by atoms with Crippen molar-refractivity contribution >= 4 is 5.97 Å². The van der Waals surface area contributed by atoms with Crippen molar-refractivity contribution < 1.29 is 9.90 Å². The highest BCUT2D eigenvalue weighted by atomic mass is 16.4. The molecule has 0 saturated heterocycles. The second-order valence-corrected chi connectivity index (χ2v) is 6.61. The second kappa shape index (κ2) is 11.2. The minimum absolute atomic E-state index is 0.0660. The van der Waals surface area contributed by atoms with Crippen LogP contribution in [0.25, 0.3) is 0 Å². The number of carbonyl (C=O) groups is 1. The highest BCUT2D eigenvalue weighted by Gasteiger charge is 2.27. The normalized spacial score (nSPS) is 18.6. The predicted molar refractivity (Wildman–Crippen MR) is 84.9 cm³/mol. The molecule has 0 aromatic carbocycles. The third kappa shape index (κ3) is 7.31. The molecule has 1 saturated carbocycles. The number of carboxylic acids is 1. The van der Waals surface area contributed by atoms with Gasteiger partial charge in [0.25, 0.3) is 0 Å². The van der Waals surface area contributed by atoms with Crippen molar-refractivity contribution in [1.29, 1.82) is 0 Å². The molecule has 0 radical (unpaired) electrons. The van der Waals surface area contributed by atoms with Gasteiger partial charge in [-0.3, -0.25) is 4.79 Å². The van der Waals surface area contributed by atoms with E-state index in [0.717, 1.165) is 25.7 Å². The molecule has 1 fully saturated rings. The van der Waals surface area contributed by atoms with Crippen molar-refractivity contribution in [3.63, 3.8) is 0 Å². The van der Waals surface area contributed by atoms with E-state index in [2.05, 4.69) is 6.92 Å². The van der Waals surface area contributed by atoms with Crippen molar-refractivity contribution in [3.05, 3.63) is 0 Å². The van der Waals surface area contributed by atoms with Crippen LogP contribution in [0.1, 0.15) is 96.8 Å².